The summed E-state index contributed by atoms with van der Waals surface area (Å²) in [6.45, 7) is 2.79. The molecule has 0 spiro atoms. The summed E-state index contributed by atoms with van der Waals surface area (Å²) in [6.07, 6.45) is -4.91. The molecule has 0 radical (unpaired) electrons. The third kappa shape index (κ3) is 9.04. The Kier molecular flexibility index (Phi) is 7.53. The van der Waals surface area contributed by atoms with Gasteiger partial charge in [0, 0.05) is 32.5 Å². The monoisotopic (exact) mass is 339 g/mol. The SMILES string of the molecule is CN(C)C(=O)CN(CC(F)(F)F)C(=O)CCNC(=O)C(C)(C)C. The van der Waals surface area contributed by atoms with Crippen molar-refractivity contribution in [2.75, 3.05) is 33.7 Å². The van der Waals surface area contributed by atoms with Crippen LogP contribution < -0.4 is 5.32 Å². The topological polar surface area (TPSA) is 69.7 Å². The van der Waals surface area contributed by atoms with Crippen LogP contribution >= 0.6 is 0 Å². The van der Waals surface area contributed by atoms with E-state index in [0.717, 1.165) is 4.90 Å². The van der Waals surface area contributed by atoms with Gasteiger partial charge in [-0.15, -0.1) is 0 Å². The molecule has 0 rings (SSSR count). The third-order valence-electron chi connectivity index (χ3n) is 2.85. The summed E-state index contributed by atoms with van der Waals surface area (Å²) >= 11 is 0. The summed E-state index contributed by atoms with van der Waals surface area (Å²) in [5.74, 6) is -1.76. The smallest absolute Gasteiger partial charge is 0.355 e. The van der Waals surface area contributed by atoms with Gasteiger partial charge in [-0.3, -0.25) is 14.4 Å². The van der Waals surface area contributed by atoms with Gasteiger partial charge in [0.1, 0.15) is 13.1 Å². The van der Waals surface area contributed by atoms with Crippen molar-refractivity contribution in [3.05, 3.63) is 0 Å². The van der Waals surface area contributed by atoms with Gasteiger partial charge in [-0.2, -0.15) is 13.2 Å². The summed E-state index contributed by atoms with van der Waals surface area (Å²) < 4.78 is 37.6. The second kappa shape index (κ2) is 8.16. The number of nitrogens with zero attached hydrogens (tertiary/aromatic N) is 2. The molecular formula is C14H24F3N3O3. The Morgan fingerprint density at radius 2 is 1.52 bits per heavy atom. The molecule has 134 valence electrons. The molecule has 0 heterocycles. The number of likely N-dealkylation sites (N-methyl/N-ethyl adjacent to an activating group) is 1. The summed E-state index contributed by atoms with van der Waals surface area (Å²) in [6, 6.07) is 0. The fraction of sp³-hybridized carbons (Fsp3) is 0.786. The second-order valence-corrected chi connectivity index (χ2v) is 6.41. The summed E-state index contributed by atoms with van der Waals surface area (Å²) in [7, 11) is 2.78. The van der Waals surface area contributed by atoms with Crippen molar-refractivity contribution in [2.45, 2.75) is 33.4 Å². The number of amides is 3. The van der Waals surface area contributed by atoms with Crippen molar-refractivity contribution in [1.82, 2.24) is 15.1 Å². The molecule has 0 saturated heterocycles. The van der Waals surface area contributed by atoms with E-state index in [1.54, 1.807) is 20.8 Å². The van der Waals surface area contributed by atoms with Gasteiger partial charge >= 0.3 is 6.18 Å². The summed E-state index contributed by atoms with van der Waals surface area (Å²) in [5.41, 5.74) is -0.657. The van der Waals surface area contributed by atoms with E-state index in [1.807, 2.05) is 0 Å². The Morgan fingerprint density at radius 1 is 1.00 bits per heavy atom. The lowest BCUT2D eigenvalue weighted by molar-refractivity contribution is -0.164. The Morgan fingerprint density at radius 3 is 1.91 bits per heavy atom. The highest BCUT2D eigenvalue weighted by molar-refractivity contribution is 5.85. The van der Waals surface area contributed by atoms with Crippen LogP contribution in [0.2, 0.25) is 0 Å². The van der Waals surface area contributed by atoms with Gasteiger partial charge < -0.3 is 15.1 Å². The average Bonchev–Trinajstić information content (AvgIpc) is 2.34. The van der Waals surface area contributed by atoms with E-state index in [4.69, 9.17) is 0 Å². The largest absolute Gasteiger partial charge is 0.406 e. The Labute approximate surface area is 134 Å². The predicted octanol–water partition coefficient (Wildman–Crippen LogP) is 1.02. The van der Waals surface area contributed by atoms with Gasteiger partial charge in [-0.25, -0.2) is 0 Å². The van der Waals surface area contributed by atoms with Crippen molar-refractivity contribution in [1.29, 1.82) is 0 Å². The Hall–Kier alpha value is -1.80. The predicted molar refractivity (Wildman–Crippen MR) is 78.4 cm³/mol. The number of halogens is 3. The minimum Gasteiger partial charge on any atom is -0.355 e. The van der Waals surface area contributed by atoms with E-state index < -0.39 is 36.5 Å². The summed E-state index contributed by atoms with van der Waals surface area (Å²) in [4.78, 5) is 36.7. The van der Waals surface area contributed by atoms with Crippen molar-refractivity contribution in [3.8, 4) is 0 Å². The molecule has 0 saturated carbocycles. The van der Waals surface area contributed by atoms with Crippen molar-refractivity contribution < 1.29 is 27.6 Å². The van der Waals surface area contributed by atoms with Crippen molar-refractivity contribution >= 4 is 17.7 Å². The van der Waals surface area contributed by atoms with Crippen LogP contribution in [0, 0.1) is 5.41 Å². The van der Waals surface area contributed by atoms with Gasteiger partial charge in [0.2, 0.25) is 17.7 Å². The Bertz CT molecular complexity index is 443. The highest BCUT2D eigenvalue weighted by atomic mass is 19.4. The molecule has 3 amide bonds. The van der Waals surface area contributed by atoms with Gasteiger partial charge in [-0.05, 0) is 0 Å². The van der Waals surface area contributed by atoms with Gasteiger partial charge in [-0.1, -0.05) is 20.8 Å². The number of nitrogens with one attached hydrogen (secondary N) is 1. The molecule has 23 heavy (non-hydrogen) atoms. The number of carbonyl (C=O) groups is 3. The third-order valence-corrected chi connectivity index (χ3v) is 2.85. The van der Waals surface area contributed by atoms with Crippen LogP contribution in [0.15, 0.2) is 0 Å². The van der Waals surface area contributed by atoms with Crippen LogP contribution in [-0.2, 0) is 14.4 Å². The molecule has 0 fully saturated rings. The summed E-state index contributed by atoms with van der Waals surface area (Å²) in [5, 5.41) is 2.48. The molecule has 0 aromatic heterocycles. The lowest BCUT2D eigenvalue weighted by atomic mass is 9.96. The molecule has 6 nitrogen and oxygen atoms in total. The van der Waals surface area contributed by atoms with Gasteiger partial charge in [0.25, 0.3) is 0 Å². The molecule has 0 aromatic carbocycles. The Balaban J connectivity index is 4.68. The van der Waals surface area contributed by atoms with E-state index in [1.165, 1.54) is 14.1 Å². The number of carbonyl (C=O) groups excluding carboxylic acids is 3. The fourth-order valence-corrected chi connectivity index (χ4v) is 1.46. The molecule has 0 aliphatic rings. The first-order valence-corrected chi connectivity index (χ1v) is 7.07. The molecule has 0 unspecified atom stereocenters. The number of rotatable bonds is 6. The maximum absolute atomic E-state index is 12.5. The molecular weight excluding hydrogens is 315 g/mol. The van der Waals surface area contributed by atoms with Crippen LogP contribution in [-0.4, -0.2) is 67.4 Å². The average molecular weight is 339 g/mol. The zero-order chi connectivity index (χ0) is 18.4. The minimum absolute atomic E-state index is 0.0839. The molecule has 0 aliphatic heterocycles. The number of alkyl halides is 3. The lowest BCUT2D eigenvalue weighted by Crippen LogP contribution is -2.46. The standard InChI is InChI=1S/C14H24F3N3O3/c1-13(2,3)12(23)18-7-6-10(21)20(9-14(15,16)17)8-11(22)19(4)5/h6-9H2,1-5H3,(H,18,23). The lowest BCUT2D eigenvalue weighted by Gasteiger charge is -2.25. The number of hydrogen-bond donors (Lipinski definition) is 1. The van der Waals surface area contributed by atoms with Crippen LogP contribution in [0.25, 0.3) is 0 Å². The maximum Gasteiger partial charge on any atom is 0.406 e. The van der Waals surface area contributed by atoms with Crippen molar-refractivity contribution in [2.24, 2.45) is 5.41 Å². The minimum atomic E-state index is -4.60. The highest BCUT2D eigenvalue weighted by Crippen LogP contribution is 2.17. The highest BCUT2D eigenvalue weighted by Gasteiger charge is 2.34. The fourth-order valence-electron chi connectivity index (χ4n) is 1.46. The zero-order valence-corrected chi connectivity index (χ0v) is 14.1. The van der Waals surface area contributed by atoms with E-state index in [9.17, 15) is 27.6 Å². The van der Waals surface area contributed by atoms with Gasteiger partial charge in [0.05, 0.1) is 0 Å². The van der Waals surface area contributed by atoms with E-state index >= 15 is 0 Å². The molecule has 0 aliphatic carbocycles. The first-order chi connectivity index (χ1) is 10.2. The molecule has 9 heteroatoms. The quantitative estimate of drug-likeness (QED) is 0.785. The first kappa shape index (κ1) is 21.2. The van der Waals surface area contributed by atoms with E-state index in [2.05, 4.69) is 5.32 Å². The molecule has 0 aromatic rings. The zero-order valence-electron chi connectivity index (χ0n) is 14.1. The van der Waals surface area contributed by atoms with E-state index in [-0.39, 0.29) is 18.9 Å². The van der Waals surface area contributed by atoms with Crippen LogP contribution in [0.3, 0.4) is 0 Å². The van der Waals surface area contributed by atoms with Crippen LogP contribution in [0.4, 0.5) is 13.2 Å². The van der Waals surface area contributed by atoms with Crippen LogP contribution in [0.5, 0.6) is 0 Å². The second-order valence-electron chi connectivity index (χ2n) is 6.41. The first-order valence-electron chi connectivity index (χ1n) is 7.07. The molecule has 0 bridgehead atoms. The normalized spacial score (nSPS) is 11.8. The van der Waals surface area contributed by atoms with E-state index in [0.29, 0.717) is 4.90 Å². The number of hydrogen-bond acceptors (Lipinski definition) is 3. The maximum atomic E-state index is 12.5. The van der Waals surface area contributed by atoms with Gasteiger partial charge in [0.15, 0.2) is 0 Å². The molecule has 0 atom stereocenters. The van der Waals surface area contributed by atoms with Crippen LogP contribution in [0.1, 0.15) is 27.2 Å². The van der Waals surface area contributed by atoms with Crippen molar-refractivity contribution in [3.63, 3.8) is 0 Å². The molecule has 1 N–H and O–H groups in total.